The molecule has 0 unspecified atom stereocenters. The average Bonchev–Trinajstić information content (AvgIpc) is 2.41. The molecule has 1 heterocycles. The lowest BCUT2D eigenvalue weighted by molar-refractivity contribution is -0.119. The molecule has 0 atom stereocenters. The largest absolute Gasteiger partial charge is 0.362 e. The molecule has 3 nitrogen and oxygen atoms in total. The van der Waals surface area contributed by atoms with E-state index in [9.17, 15) is 4.79 Å². The first-order valence-electron chi connectivity index (χ1n) is 6.17. The van der Waals surface area contributed by atoms with Crippen LogP contribution >= 0.6 is 0 Å². The van der Waals surface area contributed by atoms with Crippen molar-refractivity contribution in [2.75, 3.05) is 24.5 Å². The summed E-state index contributed by atoms with van der Waals surface area (Å²) in [5.74, 6) is 0.127. The lowest BCUT2D eigenvalue weighted by atomic mass is 10.0. The summed E-state index contributed by atoms with van der Waals surface area (Å²) in [5, 5.41) is 2.91. The summed E-state index contributed by atoms with van der Waals surface area (Å²) in [6, 6.07) is 4.37. The molecule has 0 saturated carbocycles. The smallest absolute Gasteiger partial charge is 0.239 e. The number of nitrogens with one attached hydrogen (secondary N) is 1. The van der Waals surface area contributed by atoms with E-state index in [0.29, 0.717) is 6.54 Å². The van der Waals surface area contributed by atoms with Crippen LogP contribution in [0.15, 0.2) is 12.1 Å². The van der Waals surface area contributed by atoms with E-state index >= 15 is 0 Å². The molecule has 1 aliphatic rings. The Morgan fingerprint density at radius 1 is 1.18 bits per heavy atom. The molecular weight excluding hydrogens is 212 g/mol. The van der Waals surface area contributed by atoms with Crippen molar-refractivity contribution < 1.29 is 4.79 Å². The zero-order chi connectivity index (χ0) is 12.4. The Labute approximate surface area is 103 Å². The molecule has 0 spiro atoms. The fourth-order valence-electron chi connectivity index (χ4n) is 2.67. The van der Waals surface area contributed by atoms with Crippen molar-refractivity contribution in [1.29, 1.82) is 0 Å². The fraction of sp³-hybridized carbons (Fsp3) is 0.500. The average molecular weight is 232 g/mol. The third-order valence-electron chi connectivity index (χ3n) is 3.21. The second-order valence-corrected chi connectivity index (χ2v) is 4.87. The van der Waals surface area contributed by atoms with Crippen LogP contribution in [0, 0.1) is 20.8 Å². The van der Waals surface area contributed by atoms with Gasteiger partial charge in [-0.05, 0) is 38.3 Å². The maximum Gasteiger partial charge on any atom is 0.239 e. The highest BCUT2D eigenvalue weighted by Gasteiger charge is 2.18. The summed E-state index contributed by atoms with van der Waals surface area (Å²) in [6.45, 7) is 8.57. The Bertz CT molecular complexity index is 417. The number of hydrogen-bond acceptors (Lipinski definition) is 2. The molecule has 0 radical (unpaired) electrons. The normalized spacial score (nSPS) is 16.6. The summed E-state index contributed by atoms with van der Waals surface area (Å²) in [4.78, 5) is 13.8. The van der Waals surface area contributed by atoms with E-state index in [1.54, 1.807) is 0 Å². The molecule has 17 heavy (non-hydrogen) atoms. The van der Waals surface area contributed by atoms with Crippen molar-refractivity contribution >= 4 is 11.6 Å². The molecule has 3 heteroatoms. The number of amides is 1. The molecule has 2 rings (SSSR count). The van der Waals surface area contributed by atoms with Crippen LogP contribution in [0.5, 0.6) is 0 Å². The van der Waals surface area contributed by atoms with E-state index in [2.05, 4.69) is 43.1 Å². The molecule has 1 N–H and O–H groups in total. The number of anilines is 1. The SMILES string of the molecule is Cc1cc(C)c(N2CCCNC(=O)C2)c(C)c1. The van der Waals surface area contributed by atoms with E-state index in [-0.39, 0.29) is 5.91 Å². The second-order valence-electron chi connectivity index (χ2n) is 4.87. The van der Waals surface area contributed by atoms with Gasteiger partial charge in [-0.3, -0.25) is 4.79 Å². The molecule has 0 aromatic heterocycles. The highest BCUT2D eigenvalue weighted by molar-refractivity contribution is 5.82. The predicted molar refractivity (Wildman–Crippen MR) is 70.5 cm³/mol. The van der Waals surface area contributed by atoms with Crippen molar-refractivity contribution in [2.24, 2.45) is 0 Å². The van der Waals surface area contributed by atoms with Gasteiger partial charge in [0.05, 0.1) is 6.54 Å². The highest BCUT2D eigenvalue weighted by atomic mass is 16.2. The molecule has 92 valence electrons. The monoisotopic (exact) mass is 232 g/mol. The lowest BCUT2D eigenvalue weighted by Crippen LogP contribution is -2.33. The Balaban J connectivity index is 2.35. The first-order chi connectivity index (χ1) is 8.08. The summed E-state index contributed by atoms with van der Waals surface area (Å²) in [5.41, 5.74) is 5.03. The zero-order valence-corrected chi connectivity index (χ0v) is 10.8. The van der Waals surface area contributed by atoms with Crippen LogP contribution in [0.25, 0.3) is 0 Å². The molecule has 1 saturated heterocycles. The number of aryl methyl sites for hydroxylation is 3. The van der Waals surface area contributed by atoms with E-state index in [1.807, 2.05) is 0 Å². The number of benzene rings is 1. The third-order valence-corrected chi connectivity index (χ3v) is 3.21. The van der Waals surface area contributed by atoms with Crippen LogP contribution in [0.1, 0.15) is 23.1 Å². The lowest BCUT2D eigenvalue weighted by Gasteiger charge is -2.25. The quantitative estimate of drug-likeness (QED) is 0.802. The van der Waals surface area contributed by atoms with Gasteiger partial charge in [0.15, 0.2) is 0 Å². The highest BCUT2D eigenvalue weighted by Crippen LogP contribution is 2.26. The maximum absolute atomic E-state index is 11.6. The van der Waals surface area contributed by atoms with Gasteiger partial charge in [0.2, 0.25) is 5.91 Å². The Morgan fingerprint density at radius 3 is 2.47 bits per heavy atom. The van der Waals surface area contributed by atoms with E-state index < -0.39 is 0 Å². The van der Waals surface area contributed by atoms with Crippen LogP contribution < -0.4 is 10.2 Å². The fourth-order valence-corrected chi connectivity index (χ4v) is 2.67. The molecule has 1 fully saturated rings. The molecule has 1 aliphatic heterocycles. The Hall–Kier alpha value is -1.51. The van der Waals surface area contributed by atoms with Crippen LogP contribution in [0.4, 0.5) is 5.69 Å². The summed E-state index contributed by atoms with van der Waals surface area (Å²) in [6.07, 6.45) is 1.01. The first-order valence-corrected chi connectivity index (χ1v) is 6.17. The Kier molecular flexibility index (Phi) is 3.36. The van der Waals surface area contributed by atoms with Crippen molar-refractivity contribution in [3.05, 3.63) is 28.8 Å². The van der Waals surface area contributed by atoms with Gasteiger partial charge in [-0.1, -0.05) is 17.7 Å². The van der Waals surface area contributed by atoms with Crippen molar-refractivity contribution in [3.8, 4) is 0 Å². The number of rotatable bonds is 1. The van der Waals surface area contributed by atoms with E-state index in [0.717, 1.165) is 19.5 Å². The van der Waals surface area contributed by atoms with Gasteiger partial charge in [-0.2, -0.15) is 0 Å². The summed E-state index contributed by atoms with van der Waals surface area (Å²) >= 11 is 0. The first kappa shape index (κ1) is 12.0. The number of hydrogen-bond donors (Lipinski definition) is 1. The number of nitrogens with zero attached hydrogens (tertiary/aromatic N) is 1. The topological polar surface area (TPSA) is 32.3 Å². The van der Waals surface area contributed by atoms with Crippen LogP contribution in [0.2, 0.25) is 0 Å². The molecule has 1 aromatic rings. The van der Waals surface area contributed by atoms with Crippen LogP contribution in [-0.4, -0.2) is 25.5 Å². The standard InChI is InChI=1S/C14H20N2O/c1-10-7-11(2)14(12(3)8-10)16-6-4-5-15-13(17)9-16/h7-8H,4-6,9H2,1-3H3,(H,15,17). The van der Waals surface area contributed by atoms with E-state index in [1.165, 1.54) is 22.4 Å². The van der Waals surface area contributed by atoms with Crippen molar-refractivity contribution in [2.45, 2.75) is 27.2 Å². The van der Waals surface area contributed by atoms with Crippen molar-refractivity contribution in [1.82, 2.24) is 5.32 Å². The predicted octanol–water partition coefficient (Wildman–Crippen LogP) is 1.94. The van der Waals surface area contributed by atoms with Gasteiger partial charge in [-0.25, -0.2) is 0 Å². The van der Waals surface area contributed by atoms with Crippen LogP contribution in [-0.2, 0) is 4.79 Å². The van der Waals surface area contributed by atoms with Gasteiger partial charge >= 0.3 is 0 Å². The second kappa shape index (κ2) is 4.78. The van der Waals surface area contributed by atoms with Crippen LogP contribution in [0.3, 0.4) is 0 Å². The minimum atomic E-state index is 0.127. The third kappa shape index (κ3) is 2.60. The molecule has 0 bridgehead atoms. The minimum absolute atomic E-state index is 0.127. The molecule has 1 amide bonds. The molecule has 0 aliphatic carbocycles. The molecule has 1 aromatic carbocycles. The van der Waals surface area contributed by atoms with Crippen molar-refractivity contribution in [3.63, 3.8) is 0 Å². The minimum Gasteiger partial charge on any atom is -0.362 e. The van der Waals surface area contributed by atoms with Gasteiger partial charge in [-0.15, -0.1) is 0 Å². The number of carbonyl (C=O) groups is 1. The van der Waals surface area contributed by atoms with Gasteiger partial charge in [0.25, 0.3) is 0 Å². The molecular formula is C14H20N2O. The van der Waals surface area contributed by atoms with Gasteiger partial charge in [0, 0.05) is 18.8 Å². The Morgan fingerprint density at radius 2 is 1.82 bits per heavy atom. The maximum atomic E-state index is 11.6. The van der Waals surface area contributed by atoms with Gasteiger partial charge in [0.1, 0.15) is 0 Å². The zero-order valence-electron chi connectivity index (χ0n) is 10.8. The summed E-state index contributed by atoms with van der Waals surface area (Å²) < 4.78 is 0. The van der Waals surface area contributed by atoms with Gasteiger partial charge < -0.3 is 10.2 Å². The van der Waals surface area contributed by atoms with E-state index in [4.69, 9.17) is 0 Å². The summed E-state index contributed by atoms with van der Waals surface area (Å²) in [7, 11) is 0. The number of carbonyl (C=O) groups excluding carboxylic acids is 1.